The van der Waals surface area contributed by atoms with Crippen LogP contribution in [0.1, 0.15) is 20.3 Å². The van der Waals surface area contributed by atoms with Crippen molar-refractivity contribution in [3.8, 4) is 0 Å². The summed E-state index contributed by atoms with van der Waals surface area (Å²) >= 11 is 0. The van der Waals surface area contributed by atoms with E-state index in [0.717, 1.165) is 5.57 Å². The molecule has 0 aromatic heterocycles. The summed E-state index contributed by atoms with van der Waals surface area (Å²) in [6, 6.07) is 0. The van der Waals surface area contributed by atoms with Crippen molar-refractivity contribution in [2.24, 2.45) is 0 Å². The zero-order valence-electron chi connectivity index (χ0n) is 6.79. The number of hydrogen-bond donors (Lipinski definition) is 0. The van der Waals surface area contributed by atoms with Gasteiger partial charge in [0.15, 0.2) is 9.84 Å². The summed E-state index contributed by atoms with van der Waals surface area (Å²) < 4.78 is 22.5. The molecule has 1 heterocycles. The van der Waals surface area contributed by atoms with Gasteiger partial charge < -0.3 is 0 Å². The van der Waals surface area contributed by atoms with Gasteiger partial charge in [-0.2, -0.15) is 0 Å². The number of hydrogen-bond acceptors (Lipinski definition) is 2. The third-order valence-corrected chi connectivity index (χ3v) is 3.72. The van der Waals surface area contributed by atoms with Crippen molar-refractivity contribution in [1.82, 2.24) is 0 Å². The maximum atomic E-state index is 11.3. The highest BCUT2D eigenvalue weighted by Gasteiger charge is 2.24. The van der Waals surface area contributed by atoms with E-state index in [2.05, 4.69) is 0 Å². The quantitative estimate of drug-likeness (QED) is 0.602. The average molecular weight is 172 g/mol. The van der Waals surface area contributed by atoms with Gasteiger partial charge in [0.05, 0.1) is 10.7 Å². The van der Waals surface area contributed by atoms with E-state index < -0.39 is 9.84 Å². The van der Waals surface area contributed by atoms with E-state index in [1.165, 1.54) is 0 Å². The van der Waals surface area contributed by atoms with Gasteiger partial charge >= 0.3 is 0 Å². The van der Waals surface area contributed by atoms with Gasteiger partial charge in [0.2, 0.25) is 0 Å². The van der Waals surface area contributed by atoms with Crippen molar-refractivity contribution in [2.45, 2.75) is 20.3 Å². The first-order valence-corrected chi connectivity index (χ1v) is 5.28. The second-order valence-corrected chi connectivity index (χ2v) is 4.79. The molecule has 0 saturated carbocycles. The van der Waals surface area contributed by atoms with Gasteiger partial charge in [-0.3, -0.25) is 0 Å². The molecule has 0 bridgehead atoms. The molecular formula is C8H12O2S. The largest absolute Gasteiger partial charge is 0.224 e. The lowest BCUT2D eigenvalue weighted by atomic mass is 10.2. The standard InChI is InChI=1S/C8H12O2S/c1-3-4-8-7(2)5-6-11(8,9)10/h3-4H,5-6H2,1-2H3/b4-3-. The van der Waals surface area contributed by atoms with Crippen LogP contribution in [0.5, 0.6) is 0 Å². The second kappa shape index (κ2) is 2.81. The molecule has 0 radical (unpaired) electrons. The summed E-state index contributed by atoms with van der Waals surface area (Å²) in [5.74, 6) is 0.290. The molecule has 0 aromatic carbocycles. The Balaban J connectivity index is 3.15. The Bertz CT molecular complexity index is 307. The molecule has 0 unspecified atom stereocenters. The van der Waals surface area contributed by atoms with Crippen molar-refractivity contribution >= 4 is 9.84 Å². The normalized spacial score (nSPS) is 23.5. The highest BCUT2D eigenvalue weighted by molar-refractivity contribution is 7.95. The fraction of sp³-hybridized carbons (Fsp3) is 0.500. The van der Waals surface area contributed by atoms with Crippen LogP contribution in [0.4, 0.5) is 0 Å². The molecule has 62 valence electrons. The van der Waals surface area contributed by atoms with Gasteiger partial charge in [-0.25, -0.2) is 8.42 Å². The molecule has 0 N–H and O–H groups in total. The third-order valence-electron chi connectivity index (χ3n) is 1.82. The molecule has 2 nitrogen and oxygen atoms in total. The maximum Gasteiger partial charge on any atom is 0.178 e. The van der Waals surface area contributed by atoms with Crippen LogP contribution in [0.3, 0.4) is 0 Å². The van der Waals surface area contributed by atoms with E-state index in [1.807, 2.05) is 13.8 Å². The lowest BCUT2D eigenvalue weighted by Gasteiger charge is -1.94. The predicted molar refractivity (Wildman–Crippen MR) is 45.9 cm³/mol. The van der Waals surface area contributed by atoms with E-state index in [9.17, 15) is 8.42 Å². The van der Waals surface area contributed by atoms with Gasteiger partial charge in [0.1, 0.15) is 0 Å². The van der Waals surface area contributed by atoms with Crippen molar-refractivity contribution in [2.75, 3.05) is 5.75 Å². The summed E-state index contributed by atoms with van der Waals surface area (Å²) in [7, 11) is -2.91. The number of allylic oxidation sites excluding steroid dienone is 3. The zero-order valence-corrected chi connectivity index (χ0v) is 7.61. The Morgan fingerprint density at radius 3 is 2.45 bits per heavy atom. The van der Waals surface area contributed by atoms with Gasteiger partial charge in [0, 0.05) is 0 Å². The maximum absolute atomic E-state index is 11.3. The molecule has 1 aliphatic rings. The smallest absolute Gasteiger partial charge is 0.178 e. The summed E-state index contributed by atoms with van der Waals surface area (Å²) in [5.41, 5.74) is 0.989. The first kappa shape index (κ1) is 8.53. The molecule has 1 rings (SSSR count). The summed E-state index contributed by atoms with van der Waals surface area (Å²) in [5, 5.41) is 0. The Hall–Kier alpha value is -0.570. The Morgan fingerprint density at radius 1 is 1.45 bits per heavy atom. The number of rotatable bonds is 1. The van der Waals surface area contributed by atoms with E-state index in [1.54, 1.807) is 12.2 Å². The van der Waals surface area contributed by atoms with Gasteiger partial charge in [-0.05, 0) is 26.3 Å². The molecule has 0 saturated heterocycles. The van der Waals surface area contributed by atoms with E-state index >= 15 is 0 Å². The lowest BCUT2D eigenvalue weighted by Crippen LogP contribution is -1.99. The van der Waals surface area contributed by atoms with Crippen LogP contribution in [0.15, 0.2) is 22.6 Å². The average Bonchev–Trinajstić information content (AvgIpc) is 2.16. The van der Waals surface area contributed by atoms with Crippen LogP contribution in [-0.2, 0) is 9.84 Å². The first-order chi connectivity index (χ1) is 5.08. The fourth-order valence-electron chi connectivity index (χ4n) is 1.18. The second-order valence-electron chi connectivity index (χ2n) is 2.71. The fourth-order valence-corrected chi connectivity index (χ4v) is 2.95. The van der Waals surface area contributed by atoms with Gasteiger partial charge in [-0.15, -0.1) is 0 Å². The SMILES string of the molecule is C/C=C\C1=C(C)CCS1(=O)=O. The topological polar surface area (TPSA) is 34.1 Å². The van der Waals surface area contributed by atoms with Crippen molar-refractivity contribution in [1.29, 1.82) is 0 Å². The zero-order chi connectivity index (χ0) is 8.48. The lowest BCUT2D eigenvalue weighted by molar-refractivity contribution is 0.605. The summed E-state index contributed by atoms with van der Waals surface area (Å²) in [6.45, 7) is 3.70. The van der Waals surface area contributed by atoms with Crippen molar-refractivity contribution < 1.29 is 8.42 Å². The molecule has 0 aliphatic carbocycles. The summed E-state index contributed by atoms with van der Waals surface area (Å²) in [6.07, 6.45) is 4.14. The van der Waals surface area contributed by atoms with Crippen molar-refractivity contribution in [3.05, 3.63) is 22.6 Å². The molecule has 0 aromatic rings. The minimum Gasteiger partial charge on any atom is -0.224 e. The van der Waals surface area contributed by atoms with Gasteiger partial charge in [-0.1, -0.05) is 11.6 Å². The Kier molecular flexibility index (Phi) is 2.18. The molecule has 11 heavy (non-hydrogen) atoms. The molecular weight excluding hydrogens is 160 g/mol. The Labute approximate surface area is 67.5 Å². The van der Waals surface area contributed by atoms with E-state index in [0.29, 0.717) is 17.1 Å². The minimum absolute atomic E-state index is 0.290. The van der Waals surface area contributed by atoms with Crippen molar-refractivity contribution in [3.63, 3.8) is 0 Å². The molecule has 0 fully saturated rings. The van der Waals surface area contributed by atoms with Crippen LogP contribution >= 0.6 is 0 Å². The van der Waals surface area contributed by atoms with Gasteiger partial charge in [0.25, 0.3) is 0 Å². The summed E-state index contributed by atoms with van der Waals surface area (Å²) in [4.78, 5) is 0.528. The highest BCUT2D eigenvalue weighted by atomic mass is 32.2. The van der Waals surface area contributed by atoms with E-state index in [4.69, 9.17) is 0 Å². The minimum atomic E-state index is -2.91. The Morgan fingerprint density at radius 2 is 2.09 bits per heavy atom. The van der Waals surface area contributed by atoms with Crippen LogP contribution in [0.25, 0.3) is 0 Å². The molecule has 1 aliphatic heterocycles. The molecule has 0 atom stereocenters. The molecule has 3 heteroatoms. The first-order valence-electron chi connectivity index (χ1n) is 3.63. The highest BCUT2D eigenvalue weighted by Crippen LogP contribution is 2.25. The monoisotopic (exact) mass is 172 g/mol. The number of sulfone groups is 1. The van der Waals surface area contributed by atoms with Crippen LogP contribution in [-0.4, -0.2) is 14.2 Å². The van der Waals surface area contributed by atoms with E-state index in [-0.39, 0.29) is 0 Å². The predicted octanol–water partition coefficient (Wildman–Crippen LogP) is 1.66. The molecule has 0 amide bonds. The van der Waals surface area contributed by atoms with Crippen LogP contribution in [0.2, 0.25) is 0 Å². The molecule has 0 spiro atoms. The van der Waals surface area contributed by atoms with Crippen LogP contribution in [0, 0.1) is 0 Å². The third kappa shape index (κ3) is 1.53. The van der Waals surface area contributed by atoms with Crippen LogP contribution < -0.4 is 0 Å².